The Morgan fingerprint density at radius 3 is 2.86 bits per heavy atom. The van der Waals surface area contributed by atoms with E-state index in [4.69, 9.17) is 4.74 Å². The van der Waals surface area contributed by atoms with E-state index in [1.54, 1.807) is 12.1 Å². The molecule has 0 atom stereocenters. The second-order valence-corrected chi connectivity index (χ2v) is 4.89. The lowest BCUT2D eigenvalue weighted by Crippen LogP contribution is -2.04. The van der Waals surface area contributed by atoms with Gasteiger partial charge in [0.1, 0.15) is 16.6 Å². The van der Waals surface area contributed by atoms with E-state index >= 15 is 0 Å². The first-order chi connectivity index (χ1) is 10.1. The Morgan fingerprint density at radius 2 is 2.14 bits per heavy atom. The fraction of sp³-hybridized carbons (Fsp3) is 0.231. The Hall–Kier alpha value is -2.22. The molecule has 110 valence electrons. The van der Waals surface area contributed by atoms with Gasteiger partial charge >= 0.3 is 5.69 Å². The Morgan fingerprint density at radius 1 is 1.38 bits per heavy atom. The molecular weight excluding hydrogens is 340 g/mol. The number of hydrogen-bond donors (Lipinski definition) is 1. The molecule has 0 spiro atoms. The zero-order chi connectivity index (χ0) is 15.2. The van der Waals surface area contributed by atoms with E-state index in [0.29, 0.717) is 10.3 Å². The Labute approximate surface area is 129 Å². The van der Waals surface area contributed by atoms with Crippen LogP contribution in [0.15, 0.2) is 35.1 Å². The van der Waals surface area contributed by atoms with E-state index in [1.165, 1.54) is 18.5 Å². The van der Waals surface area contributed by atoms with Crippen LogP contribution in [0.4, 0.5) is 11.5 Å². The highest BCUT2D eigenvalue weighted by Crippen LogP contribution is 2.35. The first kappa shape index (κ1) is 15.2. The van der Waals surface area contributed by atoms with Crippen molar-refractivity contribution >= 4 is 27.4 Å². The minimum atomic E-state index is -0.499. The first-order valence-corrected chi connectivity index (χ1v) is 7.08. The van der Waals surface area contributed by atoms with Crippen LogP contribution in [0.5, 0.6) is 11.6 Å². The number of aromatic nitrogens is 2. The Balaban J connectivity index is 2.30. The van der Waals surface area contributed by atoms with Gasteiger partial charge < -0.3 is 10.1 Å². The van der Waals surface area contributed by atoms with Crippen LogP contribution >= 0.6 is 15.9 Å². The number of rotatable bonds is 6. The zero-order valence-corrected chi connectivity index (χ0v) is 12.8. The average Bonchev–Trinajstić information content (AvgIpc) is 2.48. The molecule has 0 saturated carbocycles. The largest absolute Gasteiger partial charge is 0.430 e. The number of anilines is 1. The number of nitro benzene ring substituents is 1. The number of hydrogen-bond acceptors (Lipinski definition) is 6. The van der Waals surface area contributed by atoms with E-state index in [-0.39, 0.29) is 17.3 Å². The monoisotopic (exact) mass is 352 g/mol. The van der Waals surface area contributed by atoms with Crippen LogP contribution in [-0.4, -0.2) is 21.4 Å². The van der Waals surface area contributed by atoms with Gasteiger partial charge in [0, 0.05) is 12.6 Å². The van der Waals surface area contributed by atoms with Crippen LogP contribution in [0.2, 0.25) is 0 Å². The molecule has 2 aromatic rings. The molecular formula is C13H13BrN4O3. The molecule has 1 aromatic heterocycles. The van der Waals surface area contributed by atoms with Gasteiger partial charge in [-0.2, -0.15) is 0 Å². The van der Waals surface area contributed by atoms with Gasteiger partial charge in [-0.05, 0) is 28.4 Å². The van der Waals surface area contributed by atoms with Gasteiger partial charge in [-0.25, -0.2) is 9.97 Å². The Bertz CT molecular complexity index is 651. The van der Waals surface area contributed by atoms with Gasteiger partial charge in [-0.1, -0.05) is 19.1 Å². The minimum Gasteiger partial charge on any atom is -0.430 e. The van der Waals surface area contributed by atoms with Crippen LogP contribution in [-0.2, 0) is 0 Å². The molecule has 21 heavy (non-hydrogen) atoms. The number of nitrogens with zero attached hydrogens (tertiary/aromatic N) is 3. The predicted molar refractivity (Wildman–Crippen MR) is 81.7 cm³/mol. The molecule has 0 unspecified atom stereocenters. The van der Waals surface area contributed by atoms with Crippen molar-refractivity contribution in [2.45, 2.75) is 13.3 Å². The maximum absolute atomic E-state index is 11.0. The smallest absolute Gasteiger partial charge is 0.311 e. The van der Waals surface area contributed by atoms with Gasteiger partial charge in [0.05, 0.1) is 4.92 Å². The van der Waals surface area contributed by atoms with Gasteiger partial charge in [0.15, 0.2) is 0 Å². The van der Waals surface area contributed by atoms with Crippen molar-refractivity contribution in [1.82, 2.24) is 9.97 Å². The maximum atomic E-state index is 11.0. The van der Waals surface area contributed by atoms with Crippen molar-refractivity contribution in [2.24, 2.45) is 0 Å². The van der Waals surface area contributed by atoms with Gasteiger partial charge in [-0.3, -0.25) is 10.1 Å². The van der Waals surface area contributed by atoms with Crippen LogP contribution in [0.3, 0.4) is 0 Å². The van der Waals surface area contributed by atoms with E-state index < -0.39 is 4.92 Å². The number of halogens is 1. The summed E-state index contributed by atoms with van der Waals surface area (Å²) in [4.78, 5) is 18.6. The third kappa shape index (κ3) is 3.66. The lowest BCUT2D eigenvalue weighted by molar-refractivity contribution is -0.385. The van der Waals surface area contributed by atoms with Crippen molar-refractivity contribution in [2.75, 3.05) is 11.9 Å². The molecule has 1 N–H and O–H groups in total. The lowest BCUT2D eigenvalue weighted by atomic mass is 10.3. The lowest BCUT2D eigenvalue weighted by Gasteiger charge is -2.10. The molecule has 2 rings (SSSR count). The average molecular weight is 353 g/mol. The second-order valence-electron chi connectivity index (χ2n) is 4.10. The van der Waals surface area contributed by atoms with Gasteiger partial charge in [0.25, 0.3) is 0 Å². The highest BCUT2D eigenvalue weighted by molar-refractivity contribution is 9.10. The standard InChI is InChI=1S/C13H13BrN4O3/c1-2-7-15-12-11(14)13(17-8-16-12)21-10-6-4-3-5-9(10)18(19)20/h3-6,8H,2,7H2,1H3,(H,15,16,17). The molecule has 7 nitrogen and oxygen atoms in total. The summed E-state index contributed by atoms with van der Waals surface area (Å²) in [7, 11) is 0. The summed E-state index contributed by atoms with van der Waals surface area (Å²) in [6.07, 6.45) is 2.28. The Kier molecular flexibility index (Phi) is 5.04. The van der Waals surface area contributed by atoms with Crippen molar-refractivity contribution in [1.29, 1.82) is 0 Å². The third-order valence-corrected chi connectivity index (χ3v) is 3.28. The number of para-hydroxylation sites is 2. The quantitative estimate of drug-likeness (QED) is 0.628. The molecule has 0 bridgehead atoms. The first-order valence-electron chi connectivity index (χ1n) is 6.29. The normalized spacial score (nSPS) is 10.2. The molecule has 0 saturated heterocycles. The second kappa shape index (κ2) is 6.98. The van der Waals surface area contributed by atoms with Crippen LogP contribution in [0.1, 0.15) is 13.3 Å². The van der Waals surface area contributed by atoms with E-state index in [2.05, 4.69) is 31.2 Å². The van der Waals surface area contributed by atoms with Gasteiger partial charge in [0.2, 0.25) is 11.6 Å². The molecule has 0 amide bonds. The minimum absolute atomic E-state index is 0.119. The summed E-state index contributed by atoms with van der Waals surface area (Å²) >= 11 is 3.35. The number of ether oxygens (including phenoxy) is 1. The highest BCUT2D eigenvalue weighted by atomic mass is 79.9. The topological polar surface area (TPSA) is 90.2 Å². The number of nitro groups is 1. The summed E-state index contributed by atoms with van der Waals surface area (Å²) in [6.45, 7) is 2.79. The zero-order valence-electron chi connectivity index (χ0n) is 11.2. The van der Waals surface area contributed by atoms with Crippen molar-refractivity contribution in [3.8, 4) is 11.6 Å². The molecule has 0 fully saturated rings. The molecule has 0 aliphatic heterocycles. The molecule has 0 aliphatic carbocycles. The summed E-state index contributed by atoms with van der Waals surface area (Å²) in [6, 6.07) is 6.13. The fourth-order valence-electron chi connectivity index (χ4n) is 1.59. The molecule has 8 heteroatoms. The highest BCUT2D eigenvalue weighted by Gasteiger charge is 2.17. The van der Waals surface area contributed by atoms with Crippen LogP contribution < -0.4 is 10.1 Å². The molecule has 1 aromatic carbocycles. The number of nitrogens with one attached hydrogen (secondary N) is 1. The predicted octanol–water partition coefficient (Wildman–Crippen LogP) is 3.76. The maximum Gasteiger partial charge on any atom is 0.311 e. The van der Waals surface area contributed by atoms with Gasteiger partial charge in [-0.15, -0.1) is 0 Å². The van der Waals surface area contributed by atoms with E-state index in [0.717, 1.165) is 13.0 Å². The summed E-state index contributed by atoms with van der Waals surface area (Å²) in [5.41, 5.74) is -0.119. The molecule has 0 aliphatic rings. The number of benzene rings is 1. The van der Waals surface area contributed by atoms with Crippen molar-refractivity contribution < 1.29 is 9.66 Å². The third-order valence-electron chi connectivity index (χ3n) is 2.57. The summed E-state index contributed by atoms with van der Waals surface area (Å²) in [5, 5.41) is 14.1. The molecule has 0 radical (unpaired) electrons. The summed E-state index contributed by atoms with van der Waals surface area (Å²) in [5.74, 6) is 0.932. The van der Waals surface area contributed by atoms with Crippen molar-refractivity contribution in [3.63, 3.8) is 0 Å². The van der Waals surface area contributed by atoms with E-state index in [9.17, 15) is 10.1 Å². The van der Waals surface area contributed by atoms with Crippen LogP contribution in [0.25, 0.3) is 0 Å². The van der Waals surface area contributed by atoms with Crippen molar-refractivity contribution in [3.05, 3.63) is 45.2 Å². The van der Waals surface area contributed by atoms with E-state index in [1.807, 2.05) is 6.92 Å². The van der Waals surface area contributed by atoms with Crippen LogP contribution in [0, 0.1) is 10.1 Å². The fourth-order valence-corrected chi connectivity index (χ4v) is 2.02. The SMILES string of the molecule is CCCNc1ncnc(Oc2ccccc2[N+](=O)[O-])c1Br. The molecule has 1 heterocycles. The summed E-state index contributed by atoms with van der Waals surface area (Å²) < 4.78 is 6.07.